The van der Waals surface area contributed by atoms with E-state index < -0.39 is 0 Å². The number of aromatic nitrogens is 2. The number of hydrogen-bond acceptors (Lipinski definition) is 5. The van der Waals surface area contributed by atoms with E-state index in [1.54, 1.807) is 11.3 Å². The lowest BCUT2D eigenvalue weighted by Gasteiger charge is -2.19. The zero-order valence-corrected chi connectivity index (χ0v) is 9.85. The Morgan fingerprint density at radius 3 is 3.20 bits per heavy atom. The van der Waals surface area contributed by atoms with Crippen molar-refractivity contribution in [3.63, 3.8) is 0 Å². The third-order valence-corrected chi connectivity index (χ3v) is 3.73. The minimum atomic E-state index is 0.486. The second kappa shape index (κ2) is 5.53. The maximum absolute atomic E-state index is 5.45. The summed E-state index contributed by atoms with van der Waals surface area (Å²) >= 11 is 1.74. The third-order valence-electron chi connectivity index (χ3n) is 2.58. The predicted octanol–water partition coefficient (Wildman–Crippen LogP) is 1.19. The first kappa shape index (κ1) is 11.0. The molecule has 0 spiro atoms. The number of ether oxygens (including phenoxy) is 1. The Labute approximate surface area is 94.1 Å². The number of rotatable bonds is 4. The van der Waals surface area contributed by atoms with Crippen molar-refractivity contribution in [2.24, 2.45) is 0 Å². The lowest BCUT2D eigenvalue weighted by atomic mass is 10.0. The quantitative estimate of drug-likeness (QED) is 0.839. The molecule has 1 N–H and O–H groups in total. The zero-order valence-electron chi connectivity index (χ0n) is 9.03. The molecule has 0 amide bonds. The summed E-state index contributed by atoms with van der Waals surface area (Å²) in [6.07, 6.45) is 3.32. The summed E-state index contributed by atoms with van der Waals surface area (Å²) in [7, 11) is 1.96. The van der Waals surface area contributed by atoms with Crippen LogP contribution in [0.5, 0.6) is 0 Å². The van der Waals surface area contributed by atoms with Crippen molar-refractivity contribution < 1.29 is 4.74 Å². The van der Waals surface area contributed by atoms with Gasteiger partial charge in [0.25, 0.3) is 0 Å². The van der Waals surface area contributed by atoms with Crippen molar-refractivity contribution >= 4 is 11.3 Å². The molecule has 2 heterocycles. The van der Waals surface area contributed by atoms with Crippen molar-refractivity contribution in [3.8, 4) is 0 Å². The maximum Gasteiger partial charge on any atom is 0.122 e. The molecular formula is C10H17N3OS. The molecule has 1 aliphatic heterocycles. The summed E-state index contributed by atoms with van der Waals surface area (Å²) in [6, 6.07) is 0. The van der Waals surface area contributed by atoms with Crippen LogP contribution >= 0.6 is 11.3 Å². The fraction of sp³-hybridized carbons (Fsp3) is 0.800. The van der Waals surface area contributed by atoms with Crippen LogP contribution in [0.1, 0.15) is 28.8 Å². The highest BCUT2D eigenvalue weighted by atomic mass is 32.1. The van der Waals surface area contributed by atoms with Crippen molar-refractivity contribution in [2.45, 2.75) is 25.2 Å². The van der Waals surface area contributed by atoms with Crippen molar-refractivity contribution in [2.75, 3.05) is 26.8 Å². The van der Waals surface area contributed by atoms with Gasteiger partial charge in [0.15, 0.2) is 0 Å². The van der Waals surface area contributed by atoms with Gasteiger partial charge in [-0.3, -0.25) is 0 Å². The molecule has 1 saturated heterocycles. The number of hydrogen-bond donors (Lipinski definition) is 1. The molecule has 1 aromatic heterocycles. The van der Waals surface area contributed by atoms with Gasteiger partial charge in [0.05, 0.1) is 6.61 Å². The third kappa shape index (κ3) is 2.96. The minimum absolute atomic E-state index is 0.486. The molecule has 1 atom stereocenters. The van der Waals surface area contributed by atoms with E-state index in [0.29, 0.717) is 5.92 Å². The smallest absolute Gasteiger partial charge is 0.122 e. The molecule has 1 aliphatic rings. The molecule has 0 aliphatic carbocycles. The van der Waals surface area contributed by atoms with Crippen LogP contribution in [0.2, 0.25) is 0 Å². The Morgan fingerprint density at radius 1 is 1.53 bits per heavy atom. The topological polar surface area (TPSA) is 47.0 Å². The lowest BCUT2D eigenvalue weighted by Crippen LogP contribution is -2.15. The van der Waals surface area contributed by atoms with E-state index in [1.807, 2.05) is 7.05 Å². The van der Waals surface area contributed by atoms with E-state index in [9.17, 15) is 0 Å². The Hall–Kier alpha value is -0.520. The van der Waals surface area contributed by atoms with Gasteiger partial charge >= 0.3 is 0 Å². The van der Waals surface area contributed by atoms with Gasteiger partial charge in [-0.1, -0.05) is 0 Å². The monoisotopic (exact) mass is 227 g/mol. The highest BCUT2D eigenvalue weighted by Gasteiger charge is 2.19. The maximum atomic E-state index is 5.45. The summed E-state index contributed by atoms with van der Waals surface area (Å²) < 4.78 is 5.45. The first-order valence-corrected chi connectivity index (χ1v) is 6.26. The van der Waals surface area contributed by atoms with E-state index >= 15 is 0 Å². The molecule has 0 radical (unpaired) electrons. The van der Waals surface area contributed by atoms with E-state index in [2.05, 4.69) is 15.5 Å². The Balaban J connectivity index is 1.93. The van der Waals surface area contributed by atoms with Crippen LogP contribution in [-0.4, -0.2) is 37.0 Å². The largest absolute Gasteiger partial charge is 0.381 e. The number of likely N-dealkylation sites (N-methyl/N-ethyl adjacent to an activating group) is 1. The summed E-state index contributed by atoms with van der Waals surface area (Å²) in [5, 5.41) is 13.9. The average Bonchev–Trinajstić information content (AvgIpc) is 2.76. The van der Waals surface area contributed by atoms with Crippen molar-refractivity contribution in [1.29, 1.82) is 0 Å². The first-order chi connectivity index (χ1) is 7.40. The second-order valence-electron chi connectivity index (χ2n) is 3.80. The predicted molar refractivity (Wildman–Crippen MR) is 60.3 cm³/mol. The molecule has 2 rings (SSSR count). The molecule has 15 heavy (non-hydrogen) atoms. The van der Waals surface area contributed by atoms with Gasteiger partial charge < -0.3 is 10.1 Å². The van der Waals surface area contributed by atoms with E-state index in [0.717, 1.165) is 42.6 Å². The molecule has 0 saturated carbocycles. The van der Waals surface area contributed by atoms with Gasteiger partial charge in [-0.2, -0.15) is 0 Å². The summed E-state index contributed by atoms with van der Waals surface area (Å²) in [6.45, 7) is 2.69. The van der Waals surface area contributed by atoms with Crippen molar-refractivity contribution in [3.05, 3.63) is 10.0 Å². The highest BCUT2D eigenvalue weighted by Crippen LogP contribution is 2.27. The highest BCUT2D eigenvalue weighted by molar-refractivity contribution is 7.11. The summed E-state index contributed by atoms with van der Waals surface area (Å²) in [5.74, 6) is 0.486. The molecule has 0 aromatic carbocycles. The fourth-order valence-electron chi connectivity index (χ4n) is 1.70. The van der Waals surface area contributed by atoms with Crippen LogP contribution < -0.4 is 5.32 Å². The number of nitrogens with zero attached hydrogens (tertiary/aromatic N) is 2. The van der Waals surface area contributed by atoms with Gasteiger partial charge in [-0.25, -0.2) is 0 Å². The van der Waals surface area contributed by atoms with Crippen LogP contribution in [-0.2, 0) is 11.2 Å². The summed E-state index contributed by atoms with van der Waals surface area (Å²) in [4.78, 5) is 0. The first-order valence-electron chi connectivity index (χ1n) is 5.45. The SMILES string of the molecule is CNCCc1nnc(C2CCCOC2)s1. The van der Waals surface area contributed by atoms with Gasteiger partial charge in [0.1, 0.15) is 10.0 Å². The lowest BCUT2D eigenvalue weighted by molar-refractivity contribution is 0.0802. The number of nitrogens with one attached hydrogen (secondary N) is 1. The Kier molecular flexibility index (Phi) is 4.05. The minimum Gasteiger partial charge on any atom is -0.381 e. The van der Waals surface area contributed by atoms with Crippen LogP contribution in [0.25, 0.3) is 0 Å². The van der Waals surface area contributed by atoms with E-state index in [4.69, 9.17) is 4.74 Å². The normalized spacial score (nSPS) is 21.8. The van der Waals surface area contributed by atoms with Gasteiger partial charge in [-0.05, 0) is 19.9 Å². The molecule has 1 fully saturated rings. The molecular weight excluding hydrogens is 210 g/mol. The molecule has 5 heteroatoms. The van der Waals surface area contributed by atoms with Gasteiger partial charge in [0, 0.05) is 25.5 Å². The van der Waals surface area contributed by atoms with Crippen molar-refractivity contribution in [1.82, 2.24) is 15.5 Å². The van der Waals surface area contributed by atoms with E-state index in [1.165, 1.54) is 6.42 Å². The molecule has 1 aromatic rings. The zero-order chi connectivity index (χ0) is 10.5. The standard InChI is InChI=1S/C10H17N3OS/c1-11-5-4-9-12-13-10(15-9)8-3-2-6-14-7-8/h8,11H,2-7H2,1H3. The molecule has 84 valence electrons. The van der Waals surface area contributed by atoms with Crippen LogP contribution in [0.15, 0.2) is 0 Å². The van der Waals surface area contributed by atoms with Crippen LogP contribution in [0.4, 0.5) is 0 Å². The molecule has 4 nitrogen and oxygen atoms in total. The Bertz CT molecular complexity index is 297. The van der Waals surface area contributed by atoms with Gasteiger partial charge in [-0.15, -0.1) is 21.5 Å². The van der Waals surface area contributed by atoms with E-state index in [-0.39, 0.29) is 0 Å². The van der Waals surface area contributed by atoms with Crippen LogP contribution in [0, 0.1) is 0 Å². The summed E-state index contributed by atoms with van der Waals surface area (Å²) in [5.41, 5.74) is 0. The molecule has 0 bridgehead atoms. The Morgan fingerprint density at radius 2 is 2.47 bits per heavy atom. The fourth-order valence-corrected chi connectivity index (χ4v) is 2.66. The van der Waals surface area contributed by atoms with Gasteiger partial charge in [0.2, 0.25) is 0 Å². The second-order valence-corrected chi connectivity index (χ2v) is 4.90. The van der Waals surface area contributed by atoms with Crippen LogP contribution in [0.3, 0.4) is 0 Å². The average molecular weight is 227 g/mol. The molecule has 1 unspecified atom stereocenters.